The van der Waals surface area contributed by atoms with Crippen molar-refractivity contribution in [1.82, 2.24) is 0 Å². The predicted octanol–water partition coefficient (Wildman–Crippen LogP) is 7.76. The molecule has 0 fully saturated rings. The van der Waals surface area contributed by atoms with E-state index in [1.807, 2.05) is 0 Å². The Kier molecular flexibility index (Phi) is 7.50. The third-order valence-electron chi connectivity index (χ3n) is 5.70. The monoisotopic (exact) mass is 630 g/mol. The molecule has 0 atom stereocenters. The van der Waals surface area contributed by atoms with Crippen molar-refractivity contribution in [2.45, 2.75) is 38.0 Å². The molecule has 0 aliphatic rings. The average Bonchev–Trinajstić information content (AvgIpc) is 2.91. The molecule has 0 bridgehead atoms. The van der Waals surface area contributed by atoms with E-state index in [9.17, 15) is 52.7 Å². The minimum Gasteiger partial charge on any atom is -0.423 e. The molecule has 0 radical (unpaired) electrons. The van der Waals surface area contributed by atoms with Gasteiger partial charge in [-0.1, -0.05) is 42.5 Å². The molecule has 0 aliphatic heterocycles. The Morgan fingerprint density at radius 2 is 1.10 bits per heavy atom. The number of halogens is 9. The molecule has 0 amide bonds. The summed E-state index contributed by atoms with van der Waals surface area (Å²) in [6.45, 7) is 0. The maximum absolute atomic E-state index is 14.9. The quantitative estimate of drug-likeness (QED) is 0.147. The summed E-state index contributed by atoms with van der Waals surface area (Å²) in [5.74, 6) is -15.0. The van der Waals surface area contributed by atoms with Crippen molar-refractivity contribution in [3.8, 4) is 0 Å². The number of alkyl halides is 9. The molecular weight excluding hydrogens is 615 g/mol. The highest BCUT2D eigenvalue weighted by Gasteiger charge is 2.86. The zero-order valence-corrected chi connectivity index (χ0v) is 21.6. The molecule has 3 aromatic carbocycles. The Bertz CT molecular complexity index is 1680. The van der Waals surface area contributed by atoms with E-state index in [0.717, 1.165) is 42.5 Å². The van der Waals surface area contributed by atoms with Gasteiger partial charge < -0.3 is 4.42 Å². The Labute approximate surface area is 226 Å². The van der Waals surface area contributed by atoms with E-state index in [-0.39, 0.29) is 25.7 Å². The lowest BCUT2D eigenvalue weighted by atomic mass is 10.1. The fourth-order valence-corrected chi connectivity index (χ4v) is 8.90. The van der Waals surface area contributed by atoms with Gasteiger partial charge in [-0.2, -0.15) is 47.9 Å². The predicted molar refractivity (Wildman–Crippen MR) is 129 cm³/mol. The number of hydrogen-bond acceptors (Lipinski definition) is 5. The molecular formula is C25H15F9O5S2. The van der Waals surface area contributed by atoms with Gasteiger partial charge in [-0.25, -0.2) is 8.42 Å². The van der Waals surface area contributed by atoms with Crippen LogP contribution >= 0.6 is 10.3 Å². The standard InChI is InChI=1S/C25H15F9O5S2/c26-22(27,24(30,31)32)23(28,29)25(33,34)41(36,37)39-40(17-7-3-1-4-8-17,18-9-5-2-6-10-18)19-13-11-16-12-14-21(35)38-20(16)15-19/h1-15H. The van der Waals surface area contributed by atoms with Gasteiger partial charge in [0, 0.05) is 26.1 Å². The van der Waals surface area contributed by atoms with E-state index >= 15 is 0 Å². The van der Waals surface area contributed by atoms with E-state index in [2.05, 4.69) is 0 Å². The third-order valence-corrected chi connectivity index (χ3v) is 10.9. The summed E-state index contributed by atoms with van der Waals surface area (Å²) >= 11 is 0. The van der Waals surface area contributed by atoms with E-state index in [0.29, 0.717) is 0 Å². The van der Waals surface area contributed by atoms with Gasteiger partial charge in [-0.05, 0) is 52.8 Å². The summed E-state index contributed by atoms with van der Waals surface area (Å²) in [5, 5.41) is -6.86. The zero-order valence-electron chi connectivity index (χ0n) is 19.9. The molecule has 16 heteroatoms. The third kappa shape index (κ3) is 4.86. The lowest BCUT2D eigenvalue weighted by Gasteiger charge is -2.41. The smallest absolute Gasteiger partial charge is 0.423 e. The average molecular weight is 631 g/mol. The first-order valence-electron chi connectivity index (χ1n) is 11.0. The van der Waals surface area contributed by atoms with Crippen LogP contribution in [-0.2, 0) is 13.7 Å². The summed E-state index contributed by atoms with van der Waals surface area (Å²) in [6, 6.07) is 18.2. The van der Waals surface area contributed by atoms with Crippen molar-refractivity contribution in [3.05, 3.63) is 101 Å². The highest BCUT2D eigenvalue weighted by atomic mass is 32.3. The summed E-state index contributed by atoms with van der Waals surface area (Å²) in [5.41, 5.74) is -1.12. The van der Waals surface area contributed by atoms with Crippen molar-refractivity contribution >= 4 is 31.4 Å². The molecule has 1 heterocycles. The minimum absolute atomic E-state index is 0.236. The SMILES string of the molecule is O=c1ccc2ccc(S(OS(=O)(=O)C(F)(F)C(F)(F)C(F)(F)C(F)(F)F)(c3ccccc3)c3ccccc3)cc2o1. The van der Waals surface area contributed by atoms with Gasteiger partial charge in [-0.3, -0.25) is 0 Å². The summed E-state index contributed by atoms with van der Waals surface area (Å²) in [7, 11) is -11.6. The molecule has 0 saturated heterocycles. The van der Waals surface area contributed by atoms with Crippen LogP contribution in [-0.4, -0.2) is 31.7 Å². The summed E-state index contributed by atoms with van der Waals surface area (Å²) in [4.78, 5) is 10.9. The van der Waals surface area contributed by atoms with E-state index in [1.165, 1.54) is 48.5 Å². The van der Waals surface area contributed by atoms with Gasteiger partial charge in [0.25, 0.3) is 0 Å². The van der Waals surface area contributed by atoms with Crippen molar-refractivity contribution in [3.63, 3.8) is 0 Å². The van der Waals surface area contributed by atoms with Crippen LogP contribution in [0.1, 0.15) is 0 Å². The molecule has 0 spiro atoms. The van der Waals surface area contributed by atoms with Crippen LogP contribution in [0.2, 0.25) is 0 Å². The second kappa shape index (κ2) is 10.1. The van der Waals surface area contributed by atoms with Crippen LogP contribution in [0.4, 0.5) is 39.5 Å². The van der Waals surface area contributed by atoms with Crippen molar-refractivity contribution in [2.75, 3.05) is 0 Å². The molecule has 0 aliphatic carbocycles. The normalized spacial score (nSPS) is 14.3. The second-order valence-corrected chi connectivity index (χ2v) is 12.8. The molecule has 0 saturated carbocycles. The Morgan fingerprint density at radius 1 is 0.610 bits per heavy atom. The van der Waals surface area contributed by atoms with E-state index in [1.54, 1.807) is 0 Å². The van der Waals surface area contributed by atoms with Crippen molar-refractivity contribution in [1.29, 1.82) is 0 Å². The Balaban J connectivity index is 2.06. The van der Waals surface area contributed by atoms with Gasteiger partial charge in [0.2, 0.25) is 0 Å². The molecule has 1 aromatic heterocycles. The van der Waals surface area contributed by atoms with E-state index in [4.69, 9.17) is 8.05 Å². The highest BCUT2D eigenvalue weighted by Crippen LogP contribution is 2.71. The topological polar surface area (TPSA) is 73.6 Å². The number of fused-ring (bicyclic) bond motifs is 1. The van der Waals surface area contributed by atoms with Crippen LogP contribution in [0.25, 0.3) is 11.0 Å². The number of rotatable bonds is 8. The number of benzene rings is 3. The molecule has 0 unspecified atom stereocenters. The first-order chi connectivity index (χ1) is 18.9. The first kappa shape index (κ1) is 30.5. The molecule has 220 valence electrons. The van der Waals surface area contributed by atoms with Crippen molar-refractivity contribution < 1.29 is 56.0 Å². The van der Waals surface area contributed by atoms with Crippen LogP contribution in [0.5, 0.6) is 0 Å². The first-order valence-corrected chi connectivity index (χ1v) is 14.0. The van der Waals surface area contributed by atoms with Gasteiger partial charge in [-0.15, -0.1) is 0 Å². The summed E-state index contributed by atoms with van der Waals surface area (Å²) in [6.07, 6.45) is -7.26. The Hall–Kier alpha value is -3.50. The largest absolute Gasteiger partial charge is 0.460 e. The molecule has 5 nitrogen and oxygen atoms in total. The maximum Gasteiger partial charge on any atom is 0.460 e. The van der Waals surface area contributed by atoms with Crippen LogP contribution in [0, 0.1) is 0 Å². The molecule has 0 N–H and O–H groups in total. The van der Waals surface area contributed by atoms with Gasteiger partial charge >= 0.3 is 39.0 Å². The van der Waals surface area contributed by atoms with Crippen molar-refractivity contribution in [2.24, 2.45) is 0 Å². The van der Waals surface area contributed by atoms with Crippen LogP contribution < -0.4 is 5.63 Å². The van der Waals surface area contributed by atoms with E-state index < -0.39 is 49.3 Å². The van der Waals surface area contributed by atoms with Gasteiger partial charge in [0.05, 0.1) is 0 Å². The van der Waals surface area contributed by atoms with Gasteiger partial charge in [0.15, 0.2) is 0 Å². The Morgan fingerprint density at radius 3 is 1.59 bits per heavy atom. The van der Waals surface area contributed by atoms with Crippen LogP contribution in [0.15, 0.2) is 115 Å². The lowest BCUT2D eigenvalue weighted by molar-refractivity contribution is -0.382. The lowest BCUT2D eigenvalue weighted by Crippen LogP contribution is -2.63. The molecule has 41 heavy (non-hydrogen) atoms. The fourth-order valence-electron chi connectivity index (χ4n) is 3.67. The minimum atomic E-state index is -7.51. The molecule has 4 rings (SSSR count). The fraction of sp³-hybridized carbons (Fsp3) is 0.160. The highest BCUT2D eigenvalue weighted by molar-refractivity contribution is 8.33. The number of hydrogen-bond donors (Lipinski definition) is 0. The maximum atomic E-state index is 14.9. The zero-order chi connectivity index (χ0) is 30.5. The molecule has 4 aromatic rings. The van der Waals surface area contributed by atoms with Crippen LogP contribution in [0.3, 0.4) is 0 Å². The summed E-state index contributed by atoms with van der Waals surface area (Å²) < 4.78 is 160. The second-order valence-electron chi connectivity index (χ2n) is 8.32. The van der Waals surface area contributed by atoms with Gasteiger partial charge in [0.1, 0.15) is 5.58 Å².